The van der Waals surface area contributed by atoms with Crippen molar-refractivity contribution in [3.63, 3.8) is 0 Å². The van der Waals surface area contributed by atoms with E-state index in [9.17, 15) is 14.7 Å². The number of hydrogen-bond donors (Lipinski definition) is 2. The first-order valence-electron chi connectivity index (χ1n) is 8.80. The van der Waals surface area contributed by atoms with Crippen molar-refractivity contribution in [1.29, 1.82) is 0 Å². The number of likely N-dealkylation sites (tertiary alicyclic amines) is 1. The molecule has 0 bridgehead atoms. The van der Waals surface area contributed by atoms with E-state index in [1.165, 1.54) is 0 Å². The maximum atomic E-state index is 11.9. The van der Waals surface area contributed by atoms with Crippen molar-refractivity contribution < 1.29 is 24.2 Å². The Labute approximate surface area is 154 Å². The van der Waals surface area contributed by atoms with Gasteiger partial charge in [0.2, 0.25) is 0 Å². The van der Waals surface area contributed by atoms with Crippen molar-refractivity contribution in [2.75, 3.05) is 20.2 Å². The van der Waals surface area contributed by atoms with E-state index in [1.54, 1.807) is 31.4 Å². The van der Waals surface area contributed by atoms with Crippen molar-refractivity contribution in [3.05, 3.63) is 29.8 Å². The molecule has 0 aromatic heterocycles. The monoisotopic (exact) mass is 364 g/mol. The third-order valence-corrected chi connectivity index (χ3v) is 4.28. The maximum Gasteiger partial charge on any atom is 0.407 e. The first-order chi connectivity index (χ1) is 12.2. The van der Waals surface area contributed by atoms with Gasteiger partial charge in [-0.1, -0.05) is 12.1 Å². The second-order valence-electron chi connectivity index (χ2n) is 7.47. The highest BCUT2D eigenvalue weighted by molar-refractivity contribution is 5.75. The number of piperidine rings is 1. The van der Waals surface area contributed by atoms with Gasteiger partial charge in [0.1, 0.15) is 17.4 Å². The molecular formula is C19H28N2O5. The number of carbonyl (C=O) groups excluding carboxylic acids is 1. The largest absolute Gasteiger partial charge is 0.497 e. The summed E-state index contributed by atoms with van der Waals surface area (Å²) in [5, 5.41) is 12.5. The Morgan fingerprint density at radius 3 is 2.23 bits per heavy atom. The van der Waals surface area contributed by atoms with E-state index in [1.807, 2.05) is 25.7 Å². The SMILES string of the molecule is COc1ccc([C@@H](C(=O)O)N2CCC(NC(=O)OC(C)(C)C)CC2)cc1. The van der Waals surface area contributed by atoms with Crippen LogP contribution in [0.1, 0.15) is 45.2 Å². The quantitative estimate of drug-likeness (QED) is 0.835. The molecule has 0 unspecified atom stereocenters. The predicted octanol–water partition coefficient (Wildman–Crippen LogP) is 2.81. The zero-order valence-corrected chi connectivity index (χ0v) is 15.8. The first kappa shape index (κ1) is 20.0. The van der Waals surface area contributed by atoms with Crippen LogP contribution in [0.3, 0.4) is 0 Å². The van der Waals surface area contributed by atoms with E-state index in [2.05, 4.69) is 5.32 Å². The number of aliphatic carboxylic acids is 1. The second kappa shape index (κ2) is 8.40. The molecular weight excluding hydrogens is 336 g/mol. The van der Waals surface area contributed by atoms with Crippen LogP contribution < -0.4 is 10.1 Å². The van der Waals surface area contributed by atoms with E-state index < -0.39 is 23.7 Å². The minimum atomic E-state index is -0.881. The molecule has 7 heteroatoms. The van der Waals surface area contributed by atoms with Gasteiger partial charge in [0.15, 0.2) is 0 Å². The number of methoxy groups -OCH3 is 1. The van der Waals surface area contributed by atoms with Crippen LogP contribution >= 0.6 is 0 Å². The molecule has 1 amide bonds. The zero-order chi connectivity index (χ0) is 19.3. The number of carboxylic acid groups (broad SMARTS) is 1. The summed E-state index contributed by atoms with van der Waals surface area (Å²) in [5.74, 6) is -0.188. The molecule has 1 aromatic rings. The Kier molecular flexibility index (Phi) is 6.47. The number of ether oxygens (including phenoxy) is 2. The fourth-order valence-electron chi connectivity index (χ4n) is 3.07. The number of hydrogen-bond acceptors (Lipinski definition) is 5. The van der Waals surface area contributed by atoms with Crippen molar-refractivity contribution >= 4 is 12.1 Å². The van der Waals surface area contributed by atoms with Gasteiger partial charge < -0.3 is 19.9 Å². The summed E-state index contributed by atoms with van der Waals surface area (Å²) in [5.41, 5.74) is 0.185. The fourth-order valence-corrected chi connectivity index (χ4v) is 3.07. The van der Waals surface area contributed by atoms with Crippen molar-refractivity contribution in [3.8, 4) is 5.75 Å². The lowest BCUT2D eigenvalue weighted by atomic mass is 9.99. The molecule has 1 atom stereocenters. The first-order valence-corrected chi connectivity index (χ1v) is 8.80. The van der Waals surface area contributed by atoms with Crippen LogP contribution in [0, 0.1) is 0 Å². The summed E-state index contributed by atoms with van der Waals surface area (Å²) in [7, 11) is 1.58. The number of alkyl carbamates (subject to hydrolysis) is 1. The molecule has 2 N–H and O–H groups in total. The van der Waals surface area contributed by atoms with Crippen LogP contribution in [0.15, 0.2) is 24.3 Å². The Morgan fingerprint density at radius 1 is 1.19 bits per heavy atom. The Bertz CT molecular complexity index is 616. The van der Waals surface area contributed by atoms with Gasteiger partial charge in [-0.25, -0.2) is 4.79 Å². The molecule has 1 aliphatic rings. The molecule has 144 valence electrons. The molecule has 0 radical (unpaired) electrons. The van der Waals surface area contributed by atoms with E-state index >= 15 is 0 Å². The molecule has 1 saturated heterocycles. The van der Waals surface area contributed by atoms with E-state index in [0.29, 0.717) is 31.7 Å². The van der Waals surface area contributed by atoms with Gasteiger partial charge in [0, 0.05) is 19.1 Å². The highest BCUT2D eigenvalue weighted by Gasteiger charge is 2.32. The van der Waals surface area contributed by atoms with Gasteiger partial charge in [-0.3, -0.25) is 9.69 Å². The second-order valence-corrected chi connectivity index (χ2v) is 7.47. The summed E-state index contributed by atoms with van der Waals surface area (Å²) >= 11 is 0. The van der Waals surface area contributed by atoms with Crippen LogP contribution in [0.2, 0.25) is 0 Å². The number of nitrogens with zero attached hydrogens (tertiary/aromatic N) is 1. The number of rotatable bonds is 5. The lowest BCUT2D eigenvalue weighted by molar-refractivity contribution is -0.144. The number of amides is 1. The molecule has 0 spiro atoms. The van der Waals surface area contributed by atoms with Crippen molar-refractivity contribution in [1.82, 2.24) is 10.2 Å². The molecule has 26 heavy (non-hydrogen) atoms. The zero-order valence-electron chi connectivity index (χ0n) is 15.8. The molecule has 1 fully saturated rings. The third-order valence-electron chi connectivity index (χ3n) is 4.28. The Hall–Kier alpha value is -2.28. The van der Waals surface area contributed by atoms with E-state index in [-0.39, 0.29) is 6.04 Å². The number of nitrogens with one attached hydrogen (secondary N) is 1. The van der Waals surface area contributed by atoms with E-state index in [0.717, 1.165) is 5.56 Å². The fraction of sp³-hybridized carbons (Fsp3) is 0.579. The molecule has 0 aliphatic carbocycles. The standard InChI is InChI=1S/C19H28N2O5/c1-19(2,3)26-18(24)20-14-9-11-21(12-10-14)16(17(22)23)13-5-7-15(25-4)8-6-13/h5-8,14,16H,9-12H2,1-4H3,(H,20,24)(H,22,23)/t16-/m0/s1. The lowest BCUT2D eigenvalue weighted by Gasteiger charge is -2.36. The summed E-state index contributed by atoms with van der Waals surface area (Å²) in [6, 6.07) is 6.38. The van der Waals surface area contributed by atoms with Crippen molar-refractivity contribution in [2.24, 2.45) is 0 Å². The van der Waals surface area contributed by atoms with Crippen LogP contribution in [-0.4, -0.2) is 53.9 Å². The Morgan fingerprint density at radius 2 is 1.77 bits per heavy atom. The lowest BCUT2D eigenvalue weighted by Crippen LogP contribution is -2.48. The number of carbonyl (C=O) groups is 2. The molecule has 7 nitrogen and oxygen atoms in total. The average molecular weight is 364 g/mol. The highest BCUT2D eigenvalue weighted by Crippen LogP contribution is 2.26. The predicted molar refractivity (Wildman–Crippen MR) is 97.3 cm³/mol. The van der Waals surface area contributed by atoms with Gasteiger partial charge >= 0.3 is 12.1 Å². The van der Waals surface area contributed by atoms with Crippen molar-refractivity contribution in [2.45, 2.75) is 51.3 Å². The van der Waals surface area contributed by atoms with Crippen LogP contribution in [0.4, 0.5) is 4.79 Å². The topological polar surface area (TPSA) is 88.1 Å². The molecule has 1 heterocycles. The normalized spacial score (nSPS) is 17.4. The highest BCUT2D eigenvalue weighted by atomic mass is 16.6. The van der Waals surface area contributed by atoms with Crippen LogP contribution in [0.5, 0.6) is 5.75 Å². The molecule has 0 saturated carbocycles. The minimum absolute atomic E-state index is 0.00795. The average Bonchev–Trinajstić information content (AvgIpc) is 2.55. The molecule has 1 aromatic carbocycles. The van der Waals surface area contributed by atoms with Crippen LogP contribution in [0.25, 0.3) is 0 Å². The smallest absolute Gasteiger partial charge is 0.407 e. The minimum Gasteiger partial charge on any atom is -0.497 e. The Balaban J connectivity index is 1.95. The maximum absolute atomic E-state index is 11.9. The van der Waals surface area contributed by atoms with Gasteiger partial charge in [0.05, 0.1) is 7.11 Å². The summed E-state index contributed by atoms with van der Waals surface area (Å²) in [4.78, 5) is 25.6. The van der Waals surface area contributed by atoms with Gasteiger partial charge in [-0.15, -0.1) is 0 Å². The molecule has 2 rings (SSSR count). The summed E-state index contributed by atoms with van der Waals surface area (Å²) in [6.45, 7) is 6.64. The van der Waals surface area contributed by atoms with Gasteiger partial charge in [-0.2, -0.15) is 0 Å². The third kappa shape index (κ3) is 5.62. The van der Waals surface area contributed by atoms with Crippen LogP contribution in [-0.2, 0) is 9.53 Å². The van der Waals surface area contributed by atoms with Gasteiger partial charge in [-0.05, 0) is 51.3 Å². The molecule has 1 aliphatic heterocycles. The number of carboxylic acids is 1. The number of benzene rings is 1. The van der Waals surface area contributed by atoms with Gasteiger partial charge in [0.25, 0.3) is 0 Å². The summed E-state index contributed by atoms with van der Waals surface area (Å²) < 4.78 is 10.4. The van der Waals surface area contributed by atoms with E-state index in [4.69, 9.17) is 9.47 Å². The summed E-state index contributed by atoms with van der Waals surface area (Å²) in [6.07, 6.45) is 0.930.